The molecule has 1 heterocycles. The highest BCUT2D eigenvalue weighted by Crippen LogP contribution is 2.09. The molecule has 0 aliphatic rings. The highest BCUT2D eigenvalue weighted by molar-refractivity contribution is 7.80. The fourth-order valence-corrected chi connectivity index (χ4v) is 2.06. The average Bonchev–Trinajstić information content (AvgIpc) is 2.98. The second-order valence-corrected chi connectivity index (χ2v) is 5.36. The second-order valence-electron chi connectivity index (χ2n) is 4.95. The Bertz CT molecular complexity index is 614. The number of hydrazone groups is 1. The van der Waals surface area contributed by atoms with Crippen LogP contribution in [0.3, 0.4) is 0 Å². The second kappa shape index (κ2) is 6.99. The van der Waals surface area contributed by atoms with Crippen molar-refractivity contribution in [3.63, 3.8) is 0 Å². The van der Waals surface area contributed by atoms with Gasteiger partial charge in [0.25, 0.3) is 0 Å². The van der Waals surface area contributed by atoms with E-state index in [2.05, 4.69) is 20.8 Å². The number of nitrogens with one attached hydrogen (secondary N) is 2. The van der Waals surface area contributed by atoms with Gasteiger partial charge in [-0.3, -0.25) is 5.43 Å². The SMILES string of the molecule is C/C(=N/NC(=S)NC(C)C)c1ccc(-n2ccnc2)cc1. The van der Waals surface area contributed by atoms with E-state index < -0.39 is 0 Å². The van der Waals surface area contributed by atoms with Gasteiger partial charge in [0.2, 0.25) is 0 Å². The van der Waals surface area contributed by atoms with E-state index in [1.54, 1.807) is 12.5 Å². The van der Waals surface area contributed by atoms with Crippen LogP contribution in [-0.2, 0) is 0 Å². The van der Waals surface area contributed by atoms with Crippen molar-refractivity contribution >= 4 is 23.0 Å². The van der Waals surface area contributed by atoms with Crippen LogP contribution >= 0.6 is 12.2 Å². The van der Waals surface area contributed by atoms with Crippen LogP contribution in [0.5, 0.6) is 0 Å². The monoisotopic (exact) mass is 301 g/mol. The number of rotatable bonds is 4. The number of hydrogen-bond acceptors (Lipinski definition) is 3. The molecule has 0 saturated heterocycles. The van der Waals surface area contributed by atoms with Crippen molar-refractivity contribution in [1.29, 1.82) is 0 Å². The summed E-state index contributed by atoms with van der Waals surface area (Å²) in [4.78, 5) is 4.04. The molecule has 2 rings (SSSR count). The summed E-state index contributed by atoms with van der Waals surface area (Å²) < 4.78 is 1.95. The number of hydrogen-bond donors (Lipinski definition) is 2. The first-order valence-corrected chi connectivity index (χ1v) is 7.16. The maximum atomic E-state index is 5.13. The Hall–Kier alpha value is -2.21. The van der Waals surface area contributed by atoms with E-state index in [1.165, 1.54) is 0 Å². The average molecular weight is 301 g/mol. The smallest absolute Gasteiger partial charge is 0.187 e. The van der Waals surface area contributed by atoms with E-state index in [-0.39, 0.29) is 6.04 Å². The van der Waals surface area contributed by atoms with Gasteiger partial charge >= 0.3 is 0 Å². The molecule has 6 heteroatoms. The van der Waals surface area contributed by atoms with Gasteiger partial charge in [-0.25, -0.2) is 4.98 Å². The molecule has 0 bridgehead atoms. The summed E-state index contributed by atoms with van der Waals surface area (Å²) in [6.07, 6.45) is 5.44. The van der Waals surface area contributed by atoms with Crippen LogP contribution in [0.1, 0.15) is 26.3 Å². The highest BCUT2D eigenvalue weighted by atomic mass is 32.1. The minimum Gasteiger partial charge on any atom is -0.359 e. The van der Waals surface area contributed by atoms with Crippen molar-refractivity contribution in [2.75, 3.05) is 0 Å². The first-order chi connectivity index (χ1) is 10.1. The molecule has 1 aromatic heterocycles. The van der Waals surface area contributed by atoms with Gasteiger partial charge in [0.05, 0.1) is 12.0 Å². The summed E-state index contributed by atoms with van der Waals surface area (Å²) in [5, 5.41) is 7.89. The molecule has 0 spiro atoms. The van der Waals surface area contributed by atoms with Gasteiger partial charge in [-0.05, 0) is 50.7 Å². The summed E-state index contributed by atoms with van der Waals surface area (Å²) in [5.74, 6) is 0. The summed E-state index contributed by atoms with van der Waals surface area (Å²) in [6.45, 7) is 6.00. The first-order valence-electron chi connectivity index (χ1n) is 6.76. The Morgan fingerprint density at radius 3 is 2.57 bits per heavy atom. The van der Waals surface area contributed by atoms with Crippen LogP contribution in [0.15, 0.2) is 48.1 Å². The number of nitrogens with zero attached hydrogens (tertiary/aromatic N) is 3. The maximum absolute atomic E-state index is 5.13. The zero-order valence-electron chi connectivity index (χ0n) is 12.4. The predicted molar refractivity (Wildman–Crippen MR) is 89.8 cm³/mol. The van der Waals surface area contributed by atoms with E-state index in [9.17, 15) is 0 Å². The molecule has 0 atom stereocenters. The Morgan fingerprint density at radius 2 is 2.00 bits per heavy atom. The Kier molecular flexibility index (Phi) is 5.05. The van der Waals surface area contributed by atoms with E-state index in [4.69, 9.17) is 12.2 Å². The van der Waals surface area contributed by atoms with Crippen molar-refractivity contribution < 1.29 is 0 Å². The Morgan fingerprint density at radius 1 is 1.29 bits per heavy atom. The van der Waals surface area contributed by atoms with E-state index in [0.29, 0.717) is 5.11 Å². The normalized spacial score (nSPS) is 11.5. The van der Waals surface area contributed by atoms with Crippen molar-refractivity contribution in [2.24, 2.45) is 5.10 Å². The summed E-state index contributed by atoms with van der Waals surface area (Å²) in [6, 6.07) is 8.39. The molecular weight excluding hydrogens is 282 g/mol. The molecule has 2 aromatic rings. The molecule has 0 fully saturated rings. The lowest BCUT2D eigenvalue weighted by atomic mass is 10.1. The molecule has 0 radical (unpaired) electrons. The summed E-state index contributed by atoms with van der Waals surface area (Å²) in [5.41, 5.74) is 5.83. The topological polar surface area (TPSA) is 54.2 Å². The lowest BCUT2D eigenvalue weighted by molar-refractivity contribution is 0.719. The molecule has 0 aliphatic heterocycles. The quantitative estimate of drug-likeness (QED) is 0.517. The van der Waals surface area contributed by atoms with E-state index >= 15 is 0 Å². The van der Waals surface area contributed by atoms with Crippen LogP contribution in [0.25, 0.3) is 5.69 Å². The predicted octanol–water partition coefficient (Wildman–Crippen LogP) is 2.47. The Balaban J connectivity index is 2.02. The third kappa shape index (κ3) is 4.39. The van der Waals surface area contributed by atoms with Gasteiger partial charge in [0.15, 0.2) is 5.11 Å². The van der Waals surface area contributed by atoms with Crippen molar-refractivity contribution in [3.05, 3.63) is 48.5 Å². The number of imidazole rings is 1. The molecule has 1 aromatic carbocycles. The molecule has 2 N–H and O–H groups in total. The maximum Gasteiger partial charge on any atom is 0.187 e. The van der Waals surface area contributed by atoms with Crippen molar-refractivity contribution in [2.45, 2.75) is 26.8 Å². The van der Waals surface area contributed by atoms with Crippen molar-refractivity contribution in [3.8, 4) is 5.69 Å². The molecule has 0 saturated carbocycles. The molecule has 0 amide bonds. The van der Waals surface area contributed by atoms with Gasteiger partial charge in [-0.2, -0.15) is 5.10 Å². The van der Waals surface area contributed by atoms with Gasteiger partial charge in [0, 0.05) is 24.1 Å². The number of benzene rings is 1. The standard InChI is InChI=1S/C15H19N5S/c1-11(2)17-15(21)19-18-12(3)13-4-6-14(7-5-13)20-9-8-16-10-20/h4-11H,1-3H3,(H2,17,19,21)/b18-12-. The van der Waals surface area contributed by atoms with E-state index in [1.807, 2.05) is 55.8 Å². The molecule has 21 heavy (non-hydrogen) atoms. The summed E-state index contributed by atoms with van der Waals surface area (Å²) in [7, 11) is 0. The molecular formula is C15H19N5S. The molecule has 110 valence electrons. The highest BCUT2D eigenvalue weighted by Gasteiger charge is 2.01. The third-order valence-electron chi connectivity index (χ3n) is 2.83. The van der Waals surface area contributed by atoms with Crippen LogP contribution < -0.4 is 10.7 Å². The zero-order chi connectivity index (χ0) is 15.2. The lowest BCUT2D eigenvalue weighted by Gasteiger charge is -2.10. The van der Waals surface area contributed by atoms with Crippen LogP contribution in [0.4, 0.5) is 0 Å². The fraction of sp³-hybridized carbons (Fsp3) is 0.267. The first kappa shape index (κ1) is 15.2. The van der Waals surface area contributed by atoms with E-state index in [0.717, 1.165) is 17.0 Å². The van der Waals surface area contributed by atoms with Gasteiger partial charge in [-0.1, -0.05) is 12.1 Å². The van der Waals surface area contributed by atoms with Crippen molar-refractivity contribution in [1.82, 2.24) is 20.3 Å². The molecule has 5 nitrogen and oxygen atoms in total. The molecule has 0 unspecified atom stereocenters. The third-order valence-corrected chi connectivity index (χ3v) is 3.04. The Labute approximate surface area is 130 Å². The number of aromatic nitrogens is 2. The zero-order valence-corrected chi connectivity index (χ0v) is 13.2. The van der Waals surface area contributed by atoms with Gasteiger partial charge in [-0.15, -0.1) is 0 Å². The van der Waals surface area contributed by atoms with Crippen LogP contribution in [0.2, 0.25) is 0 Å². The molecule has 0 aliphatic carbocycles. The lowest BCUT2D eigenvalue weighted by Crippen LogP contribution is -2.37. The largest absolute Gasteiger partial charge is 0.359 e. The fourth-order valence-electron chi connectivity index (χ4n) is 1.78. The summed E-state index contributed by atoms with van der Waals surface area (Å²) >= 11 is 5.13. The number of thiocarbonyl (C=S) groups is 1. The van der Waals surface area contributed by atoms with Crippen LogP contribution in [0, 0.1) is 0 Å². The minimum absolute atomic E-state index is 0.287. The van der Waals surface area contributed by atoms with Gasteiger partial charge < -0.3 is 9.88 Å². The van der Waals surface area contributed by atoms with Gasteiger partial charge in [0.1, 0.15) is 0 Å². The minimum atomic E-state index is 0.287. The van der Waals surface area contributed by atoms with Crippen LogP contribution in [-0.4, -0.2) is 26.4 Å².